The molecule has 21 heavy (non-hydrogen) atoms. The van der Waals surface area contributed by atoms with E-state index in [4.69, 9.17) is 9.47 Å². The standard InChI is InChI=1S/C15H22N4O2/c1-5-16-13(11-8-7-9-17-15(11)21-4)14-12(20-3)10-18-19(14)6-2/h7-10,13,16H,5-6H2,1-4H3. The van der Waals surface area contributed by atoms with E-state index in [0.29, 0.717) is 5.88 Å². The Morgan fingerprint density at radius 3 is 2.71 bits per heavy atom. The number of aryl methyl sites for hydroxylation is 1. The molecule has 0 aliphatic rings. The van der Waals surface area contributed by atoms with E-state index >= 15 is 0 Å². The number of nitrogens with zero attached hydrogens (tertiary/aromatic N) is 3. The number of hydrogen-bond donors (Lipinski definition) is 1. The topological polar surface area (TPSA) is 61.2 Å². The second-order valence-electron chi connectivity index (χ2n) is 4.51. The van der Waals surface area contributed by atoms with Gasteiger partial charge in [0, 0.05) is 18.3 Å². The van der Waals surface area contributed by atoms with Crippen LogP contribution >= 0.6 is 0 Å². The predicted octanol–water partition coefficient (Wildman–Crippen LogP) is 2.01. The summed E-state index contributed by atoms with van der Waals surface area (Å²) in [5.41, 5.74) is 1.95. The summed E-state index contributed by atoms with van der Waals surface area (Å²) in [6, 6.07) is 3.82. The summed E-state index contributed by atoms with van der Waals surface area (Å²) in [7, 11) is 3.28. The maximum atomic E-state index is 5.47. The zero-order chi connectivity index (χ0) is 15.2. The van der Waals surface area contributed by atoms with Crippen molar-refractivity contribution in [3.63, 3.8) is 0 Å². The number of aromatic nitrogens is 3. The largest absolute Gasteiger partial charge is 0.493 e. The molecule has 0 aromatic carbocycles. The van der Waals surface area contributed by atoms with Crippen LogP contribution in [0.3, 0.4) is 0 Å². The lowest BCUT2D eigenvalue weighted by molar-refractivity contribution is 0.378. The van der Waals surface area contributed by atoms with Gasteiger partial charge in [-0.2, -0.15) is 5.10 Å². The molecule has 0 fully saturated rings. The lowest BCUT2D eigenvalue weighted by Crippen LogP contribution is -2.26. The molecule has 0 amide bonds. The second kappa shape index (κ2) is 7.08. The Hall–Kier alpha value is -2.08. The fraction of sp³-hybridized carbons (Fsp3) is 0.467. The summed E-state index contributed by atoms with van der Waals surface area (Å²) < 4.78 is 12.8. The van der Waals surface area contributed by atoms with E-state index < -0.39 is 0 Å². The molecule has 0 saturated heterocycles. The van der Waals surface area contributed by atoms with Crippen molar-refractivity contribution in [2.45, 2.75) is 26.4 Å². The fourth-order valence-electron chi connectivity index (χ4n) is 2.43. The molecule has 0 spiro atoms. The molecule has 2 aromatic heterocycles. The average molecular weight is 290 g/mol. The van der Waals surface area contributed by atoms with Crippen molar-refractivity contribution in [2.75, 3.05) is 20.8 Å². The van der Waals surface area contributed by atoms with Crippen molar-refractivity contribution in [2.24, 2.45) is 0 Å². The third kappa shape index (κ3) is 3.00. The van der Waals surface area contributed by atoms with Gasteiger partial charge in [-0.1, -0.05) is 13.0 Å². The molecule has 6 nitrogen and oxygen atoms in total. The van der Waals surface area contributed by atoms with Crippen LogP contribution in [0.25, 0.3) is 0 Å². The van der Waals surface area contributed by atoms with Gasteiger partial charge in [-0.15, -0.1) is 0 Å². The maximum absolute atomic E-state index is 5.47. The van der Waals surface area contributed by atoms with Crippen LogP contribution in [0.15, 0.2) is 24.5 Å². The second-order valence-corrected chi connectivity index (χ2v) is 4.51. The van der Waals surface area contributed by atoms with Crippen LogP contribution in [-0.2, 0) is 6.54 Å². The minimum atomic E-state index is -0.0870. The molecule has 0 radical (unpaired) electrons. The first-order valence-corrected chi connectivity index (χ1v) is 7.08. The number of pyridine rings is 1. The van der Waals surface area contributed by atoms with Crippen molar-refractivity contribution in [1.82, 2.24) is 20.1 Å². The van der Waals surface area contributed by atoms with Crippen molar-refractivity contribution >= 4 is 0 Å². The summed E-state index contributed by atoms with van der Waals surface area (Å²) in [6.45, 7) is 5.69. The zero-order valence-corrected chi connectivity index (χ0v) is 13.0. The highest BCUT2D eigenvalue weighted by Gasteiger charge is 2.25. The molecular weight excluding hydrogens is 268 g/mol. The van der Waals surface area contributed by atoms with E-state index in [0.717, 1.165) is 30.1 Å². The Kier molecular flexibility index (Phi) is 5.16. The quantitative estimate of drug-likeness (QED) is 0.845. The van der Waals surface area contributed by atoms with E-state index in [1.807, 2.05) is 16.8 Å². The normalized spacial score (nSPS) is 12.2. The zero-order valence-electron chi connectivity index (χ0n) is 13.0. The van der Waals surface area contributed by atoms with Crippen molar-refractivity contribution in [3.05, 3.63) is 35.8 Å². The first-order chi connectivity index (χ1) is 10.3. The SMILES string of the molecule is CCNC(c1cccnc1OC)c1c(OC)cnn1CC. The molecule has 0 aliphatic heterocycles. The van der Waals surface area contributed by atoms with E-state index in [-0.39, 0.29) is 6.04 Å². The van der Waals surface area contributed by atoms with Crippen LogP contribution in [0, 0.1) is 0 Å². The highest BCUT2D eigenvalue weighted by Crippen LogP contribution is 2.33. The summed E-state index contributed by atoms with van der Waals surface area (Å²) >= 11 is 0. The fourth-order valence-corrected chi connectivity index (χ4v) is 2.43. The summed E-state index contributed by atoms with van der Waals surface area (Å²) in [6.07, 6.45) is 3.46. The lowest BCUT2D eigenvalue weighted by atomic mass is 10.0. The van der Waals surface area contributed by atoms with Crippen LogP contribution in [0.4, 0.5) is 0 Å². The Balaban J connectivity index is 2.55. The van der Waals surface area contributed by atoms with E-state index in [1.54, 1.807) is 26.6 Å². The van der Waals surface area contributed by atoms with Gasteiger partial charge in [-0.25, -0.2) is 4.98 Å². The van der Waals surface area contributed by atoms with Crippen molar-refractivity contribution in [3.8, 4) is 11.6 Å². The van der Waals surface area contributed by atoms with Crippen LogP contribution in [0.1, 0.15) is 31.1 Å². The number of hydrogen-bond acceptors (Lipinski definition) is 5. The third-order valence-electron chi connectivity index (χ3n) is 3.35. The van der Waals surface area contributed by atoms with Gasteiger partial charge in [0.05, 0.1) is 26.5 Å². The highest BCUT2D eigenvalue weighted by molar-refractivity contribution is 5.40. The first kappa shape index (κ1) is 15.3. The Morgan fingerprint density at radius 2 is 2.10 bits per heavy atom. The Labute approximate surface area is 125 Å². The number of rotatable bonds is 7. The number of nitrogens with one attached hydrogen (secondary N) is 1. The molecule has 0 aliphatic carbocycles. The van der Waals surface area contributed by atoms with Gasteiger partial charge < -0.3 is 14.8 Å². The van der Waals surface area contributed by atoms with Crippen LogP contribution in [0.2, 0.25) is 0 Å². The van der Waals surface area contributed by atoms with Crippen LogP contribution in [0.5, 0.6) is 11.6 Å². The molecule has 1 atom stereocenters. The molecule has 0 saturated carbocycles. The van der Waals surface area contributed by atoms with Gasteiger partial charge in [0.15, 0.2) is 5.75 Å². The van der Waals surface area contributed by atoms with E-state index in [9.17, 15) is 0 Å². The minimum Gasteiger partial charge on any atom is -0.493 e. The summed E-state index contributed by atoms with van der Waals surface area (Å²) in [5, 5.41) is 7.84. The van der Waals surface area contributed by atoms with Gasteiger partial charge in [0.2, 0.25) is 5.88 Å². The summed E-state index contributed by atoms with van der Waals surface area (Å²) in [4.78, 5) is 4.29. The van der Waals surface area contributed by atoms with Crippen LogP contribution < -0.4 is 14.8 Å². The third-order valence-corrected chi connectivity index (χ3v) is 3.35. The molecule has 114 valence electrons. The Bertz CT molecular complexity index is 561. The number of ether oxygens (including phenoxy) is 2. The van der Waals surface area contributed by atoms with Gasteiger partial charge in [0.1, 0.15) is 5.69 Å². The predicted molar refractivity (Wildman–Crippen MR) is 80.8 cm³/mol. The monoisotopic (exact) mass is 290 g/mol. The highest BCUT2D eigenvalue weighted by atomic mass is 16.5. The van der Waals surface area contributed by atoms with Crippen molar-refractivity contribution < 1.29 is 9.47 Å². The smallest absolute Gasteiger partial charge is 0.218 e. The molecule has 2 aromatic rings. The van der Waals surface area contributed by atoms with Gasteiger partial charge in [-0.05, 0) is 19.5 Å². The summed E-state index contributed by atoms with van der Waals surface area (Å²) in [5.74, 6) is 1.36. The van der Waals surface area contributed by atoms with Crippen molar-refractivity contribution in [1.29, 1.82) is 0 Å². The lowest BCUT2D eigenvalue weighted by Gasteiger charge is -2.22. The van der Waals surface area contributed by atoms with Gasteiger partial charge >= 0.3 is 0 Å². The molecule has 2 heterocycles. The molecule has 1 N–H and O–H groups in total. The molecule has 1 unspecified atom stereocenters. The first-order valence-electron chi connectivity index (χ1n) is 7.08. The maximum Gasteiger partial charge on any atom is 0.218 e. The minimum absolute atomic E-state index is 0.0870. The molecule has 6 heteroatoms. The number of methoxy groups -OCH3 is 2. The van der Waals surface area contributed by atoms with E-state index in [1.165, 1.54) is 0 Å². The van der Waals surface area contributed by atoms with Gasteiger partial charge in [0.25, 0.3) is 0 Å². The Morgan fingerprint density at radius 1 is 1.29 bits per heavy atom. The van der Waals surface area contributed by atoms with E-state index in [2.05, 4.69) is 29.2 Å². The molecule has 0 bridgehead atoms. The van der Waals surface area contributed by atoms with Crippen LogP contribution in [-0.4, -0.2) is 35.5 Å². The molecular formula is C15H22N4O2. The van der Waals surface area contributed by atoms with Gasteiger partial charge in [-0.3, -0.25) is 4.68 Å². The molecule has 2 rings (SSSR count). The average Bonchev–Trinajstić information content (AvgIpc) is 2.95.